The molecule has 1 aromatic heterocycles. The van der Waals surface area contributed by atoms with Crippen LogP contribution in [0.2, 0.25) is 0 Å². The Morgan fingerprint density at radius 2 is 2.07 bits per heavy atom. The summed E-state index contributed by atoms with van der Waals surface area (Å²) in [6.07, 6.45) is 4.98. The molecular formula is C21H30Cl2N2O2. The normalized spacial score (nSPS) is 27.5. The van der Waals surface area contributed by atoms with Crippen molar-refractivity contribution < 1.29 is 9.84 Å². The predicted molar refractivity (Wildman–Crippen MR) is 114 cm³/mol. The van der Waals surface area contributed by atoms with Crippen molar-refractivity contribution in [3.63, 3.8) is 0 Å². The number of nitrogens with zero attached hydrogens (tertiary/aromatic N) is 2. The molecule has 3 fully saturated rings. The molecule has 4 heterocycles. The average molecular weight is 413 g/mol. The van der Waals surface area contributed by atoms with Gasteiger partial charge < -0.3 is 9.84 Å². The van der Waals surface area contributed by atoms with Gasteiger partial charge in [-0.2, -0.15) is 0 Å². The second-order valence-electron chi connectivity index (χ2n) is 7.47. The van der Waals surface area contributed by atoms with E-state index < -0.39 is 6.10 Å². The Balaban J connectivity index is 0.00000131. The highest BCUT2D eigenvalue weighted by molar-refractivity contribution is 5.85. The van der Waals surface area contributed by atoms with Gasteiger partial charge in [0.05, 0.1) is 18.2 Å². The molecule has 5 rings (SSSR count). The molecule has 0 saturated carbocycles. The average Bonchev–Trinajstić information content (AvgIpc) is 2.67. The summed E-state index contributed by atoms with van der Waals surface area (Å²) in [5.41, 5.74) is 1.90. The number of hydrogen-bond acceptors (Lipinski definition) is 4. The molecular weight excluding hydrogens is 383 g/mol. The molecule has 3 aliphatic heterocycles. The Morgan fingerprint density at radius 1 is 1.26 bits per heavy atom. The van der Waals surface area contributed by atoms with Crippen molar-refractivity contribution in [2.75, 3.05) is 19.7 Å². The third-order valence-corrected chi connectivity index (χ3v) is 6.20. The summed E-state index contributed by atoms with van der Waals surface area (Å²) in [4.78, 5) is 6.98. The minimum atomic E-state index is -0.469. The van der Waals surface area contributed by atoms with Crippen LogP contribution in [0.25, 0.3) is 10.9 Å². The first kappa shape index (κ1) is 22.2. The molecule has 6 heteroatoms. The summed E-state index contributed by atoms with van der Waals surface area (Å²) in [6, 6.07) is 8.16. The van der Waals surface area contributed by atoms with Gasteiger partial charge in [0.25, 0.3) is 0 Å². The zero-order valence-electron chi connectivity index (χ0n) is 16.0. The molecule has 0 spiro atoms. The zero-order chi connectivity index (χ0) is 17.4. The van der Waals surface area contributed by atoms with E-state index in [9.17, 15) is 5.11 Å². The summed E-state index contributed by atoms with van der Waals surface area (Å²) in [5.74, 6) is 2.41. The predicted octanol–water partition coefficient (Wildman–Crippen LogP) is 4.63. The maximum Gasteiger partial charge on any atom is 0.120 e. The van der Waals surface area contributed by atoms with Crippen molar-refractivity contribution in [1.29, 1.82) is 0 Å². The van der Waals surface area contributed by atoms with Crippen molar-refractivity contribution in [2.45, 2.75) is 45.3 Å². The number of piperidine rings is 3. The first-order chi connectivity index (χ1) is 12.2. The Bertz CT molecular complexity index is 758. The van der Waals surface area contributed by atoms with Gasteiger partial charge in [-0.05, 0) is 68.0 Å². The fourth-order valence-corrected chi connectivity index (χ4v) is 4.84. The molecule has 2 aromatic rings. The lowest BCUT2D eigenvalue weighted by Crippen LogP contribution is -2.55. The van der Waals surface area contributed by atoms with Gasteiger partial charge in [0.15, 0.2) is 0 Å². The van der Waals surface area contributed by atoms with Gasteiger partial charge in [0.1, 0.15) is 5.75 Å². The number of rotatable bonds is 5. The van der Waals surface area contributed by atoms with E-state index >= 15 is 0 Å². The van der Waals surface area contributed by atoms with Crippen molar-refractivity contribution in [3.05, 3.63) is 36.0 Å². The quantitative estimate of drug-likeness (QED) is 0.776. The maximum absolute atomic E-state index is 11.2. The van der Waals surface area contributed by atoms with Crippen LogP contribution in [-0.4, -0.2) is 40.7 Å². The highest BCUT2D eigenvalue weighted by atomic mass is 35.5. The van der Waals surface area contributed by atoms with E-state index in [1.807, 2.05) is 37.4 Å². The molecule has 0 radical (unpaired) electrons. The number of aromatic nitrogens is 1. The van der Waals surface area contributed by atoms with Gasteiger partial charge >= 0.3 is 0 Å². The van der Waals surface area contributed by atoms with Crippen LogP contribution in [0.15, 0.2) is 30.5 Å². The van der Waals surface area contributed by atoms with Gasteiger partial charge in [0.2, 0.25) is 0 Å². The van der Waals surface area contributed by atoms with Crippen molar-refractivity contribution in [3.8, 4) is 5.75 Å². The van der Waals surface area contributed by atoms with Crippen LogP contribution >= 0.6 is 24.8 Å². The molecule has 1 aromatic carbocycles. The topological polar surface area (TPSA) is 45.6 Å². The lowest BCUT2D eigenvalue weighted by atomic mass is 9.72. The van der Waals surface area contributed by atoms with Crippen LogP contribution < -0.4 is 4.74 Å². The molecule has 0 amide bonds. The van der Waals surface area contributed by atoms with Crippen molar-refractivity contribution >= 4 is 35.7 Å². The maximum atomic E-state index is 11.2. The number of hydrogen-bond donors (Lipinski definition) is 1. The molecule has 27 heavy (non-hydrogen) atoms. The first-order valence-corrected chi connectivity index (χ1v) is 9.64. The Morgan fingerprint density at radius 3 is 2.74 bits per heavy atom. The third kappa shape index (κ3) is 4.19. The number of aliphatic hydroxyl groups is 1. The van der Waals surface area contributed by atoms with E-state index in [2.05, 4.69) is 16.8 Å². The summed E-state index contributed by atoms with van der Waals surface area (Å²) in [5, 5.41) is 12.2. The molecule has 4 nitrogen and oxygen atoms in total. The minimum absolute atomic E-state index is 0. The Labute approximate surface area is 174 Å². The van der Waals surface area contributed by atoms with Gasteiger partial charge in [-0.25, -0.2) is 0 Å². The molecule has 1 unspecified atom stereocenters. The summed E-state index contributed by atoms with van der Waals surface area (Å²) in [7, 11) is 0. The first-order valence-electron chi connectivity index (χ1n) is 9.64. The Kier molecular flexibility index (Phi) is 7.75. The SMILES string of the molecule is CCOc1ccc2nccc([C@@H](O)[C@@H]3C[C@@H]4CCN3C[C@@H]4CC)c2c1.Cl.Cl. The van der Waals surface area contributed by atoms with Gasteiger partial charge in [0, 0.05) is 24.2 Å². The van der Waals surface area contributed by atoms with Crippen LogP contribution in [0.4, 0.5) is 0 Å². The number of ether oxygens (including phenoxy) is 1. The lowest BCUT2D eigenvalue weighted by Gasteiger charge is -2.51. The number of benzene rings is 1. The number of fused-ring (bicyclic) bond motifs is 4. The molecule has 2 bridgehead atoms. The van der Waals surface area contributed by atoms with Gasteiger partial charge in [-0.3, -0.25) is 9.88 Å². The van der Waals surface area contributed by atoms with Gasteiger partial charge in [-0.1, -0.05) is 13.3 Å². The largest absolute Gasteiger partial charge is 0.494 e. The van der Waals surface area contributed by atoms with E-state index in [4.69, 9.17) is 4.74 Å². The smallest absolute Gasteiger partial charge is 0.120 e. The van der Waals surface area contributed by atoms with Crippen molar-refractivity contribution in [1.82, 2.24) is 9.88 Å². The second-order valence-corrected chi connectivity index (χ2v) is 7.47. The van der Waals surface area contributed by atoms with E-state index in [0.29, 0.717) is 6.61 Å². The van der Waals surface area contributed by atoms with Gasteiger partial charge in [-0.15, -0.1) is 24.8 Å². The molecule has 1 N–H and O–H groups in total. The highest BCUT2D eigenvalue weighted by Crippen LogP contribution is 2.42. The van der Waals surface area contributed by atoms with Crippen LogP contribution in [-0.2, 0) is 0 Å². The van der Waals surface area contributed by atoms with Crippen LogP contribution in [0, 0.1) is 11.8 Å². The van der Waals surface area contributed by atoms with Crippen LogP contribution in [0.1, 0.15) is 44.8 Å². The standard InChI is InChI=1S/C21H28N2O2.2ClH/c1-3-14-13-23-10-8-15(14)11-20(23)21(24)17-7-9-22-19-6-5-16(25-4-2)12-18(17)19;;/h5-7,9,12,14-15,20-21,24H,3-4,8,10-11,13H2,1-2H3;2*1H/t14-,15-,20-,21+;;/m0../s1. The minimum Gasteiger partial charge on any atom is -0.494 e. The number of pyridine rings is 1. The summed E-state index contributed by atoms with van der Waals surface area (Å²) < 4.78 is 5.65. The Hall–Kier alpha value is -1.07. The molecule has 5 atom stereocenters. The van der Waals surface area contributed by atoms with Crippen LogP contribution in [0.3, 0.4) is 0 Å². The fourth-order valence-electron chi connectivity index (χ4n) is 4.84. The highest BCUT2D eigenvalue weighted by Gasteiger charge is 2.42. The summed E-state index contributed by atoms with van der Waals surface area (Å²) in [6.45, 7) is 7.18. The zero-order valence-corrected chi connectivity index (χ0v) is 17.6. The summed E-state index contributed by atoms with van der Waals surface area (Å²) >= 11 is 0. The molecule has 3 aliphatic rings. The van der Waals surface area contributed by atoms with E-state index in [0.717, 1.165) is 53.6 Å². The third-order valence-electron chi connectivity index (χ3n) is 6.20. The fraction of sp³-hybridized carbons (Fsp3) is 0.571. The monoisotopic (exact) mass is 412 g/mol. The molecule has 3 saturated heterocycles. The molecule has 0 aliphatic carbocycles. The number of halogens is 2. The van der Waals surface area contributed by atoms with E-state index in [-0.39, 0.29) is 30.9 Å². The van der Waals surface area contributed by atoms with Crippen LogP contribution in [0.5, 0.6) is 5.75 Å². The second kappa shape index (κ2) is 9.42. The lowest BCUT2D eigenvalue weighted by molar-refractivity contribution is -0.0562. The number of aliphatic hydroxyl groups excluding tert-OH is 1. The van der Waals surface area contributed by atoms with Crippen molar-refractivity contribution in [2.24, 2.45) is 11.8 Å². The van der Waals surface area contributed by atoms with E-state index in [1.165, 1.54) is 12.8 Å². The molecule has 150 valence electrons. The van der Waals surface area contributed by atoms with E-state index in [1.54, 1.807) is 0 Å².